The van der Waals surface area contributed by atoms with Gasteiger partial charge in [-0.25, -0.2) is 14.6 Å². The van der Waals surface area contributed by atoms with E-state index in [1.54, 1.807) is 23.4 Å². The van der Waals surface area contributed by atoms with E-state index in [4.69, 9.17) is 0 Å². The minimum Gasteiger partial charge on any atom is -0.255 e. The highest BCUT2D eigenvalue weighted by molar-refractivity contribution is 7.79. The van der Waals surface area contributed by atoms with E-state index in [0.717, 1.165) is 5.69 Å². The molecule has 0 spiro atoms. The molecule has 5 nitrogen and oxygen atoms in total. The number of nitrogens with zero attached hydrogens (tertiary/aromatic N) is 5. The largest absolute Gasteiger partial charge is 0.255 e. The summed E-state index contributed by atoms with van der Waals surface area (Å²) in [5.74, 6) is 1.21. The van der Waals surface area contributed by atoms with Gasteiger partial charge in [-0.2, -0.15) is 17.7 Å². The van der Waals surface area contributed by atoms with Crippen LogP contribution in [0.2, 0.25) is 0 Å². The standard InChI is InChI=1S/C7H7N5S/c13-3-6-7(10-2-1-9-6)12-5-8-4-11-12/h1-2,4-5,13H,3H2. The van der Waals surface area contributed by atoms with Crippen LogP contribution in [0, 0.1) is 0 Å². The summed E-state index contributed by atoms with van der Waals surface area (Å²) < 4.78 is 1.57. The highest BCUT2D eigenvalue weighted by atomic mass is 32.1. The lowest BCUT2D eigenvalue weighted by atomic mass is 10.4. The minimum atomic E-state index is 0.531. The van der Waals surface area contributed by atoms with E-state index >= 15 is 0 Å². The zero-order valence-electron chi connectivity index (χ0n) is 6.70. The summed E-state index contributed by atoms with van der Waals surface area (Å²) in [7, 11) is 0. The maximum absolute atomic E-state index is 4.15. The molecule has 0 bridgehead atoms. The van der Waals surface area contributed by atoms with Crippen LogP contribution >= 0.6 is 12.6 Å². The van der Waals surface area contributed by atoms with Crippen LogP contribution in [0.15, 0.2) is 25.0 Å². The topological polar surface area (TPSA) is 56.5 Å². The fourth-order valence-electron chi connectivity index (χ4n) is 0.980. The van der Waals surface area contributed by atoms with Crippen LogP contribution in [-0.4, -0.2) is 24.7 Å². The third-order valence-electron chi connectivity index (χ3n) is 1.54. The number of rotatable bonds is 2. The van der Waals surface area contributed by atoms with Crippen molar-refractivity contribution in [2.45, 2.75) is 5.75 Å². The summed E-state index contributed by atoms with van der Waals surface area (Å²) >= 11 is 4.15. The second-order valence-electron chi connectivity index (χ2n) is 2.32. The quantitative estimate of drug-likeness (QED) is 0.705. The Balaban J connectivity index is 2.51. The molecule has 66 valence electrons. The number of hydrogen-bond acceptors (Lipinski definition) is 5. The smallest absolute Gasteiger partial charge is 0.177 e. The lowest BCUT2D eigenvalue weighted by molar-refractivity contribution is 0.820. The molecule has 0 unspecified atom stereocenters. The first-order chi connectivity index (χ1) is 6.42. The van der Waals surface area contributed by atoms with Crippen LogP contribution < -0.4 is 0 Å². The Hall–Kier alpha value is -1.43. The van der Waals surface area contributed by atoms with Crippen molar-refractivity contribution in [3.05, 3.63) is 30.7 Å². The van der Waals surface area contributed by atoms with E-state index in [-0.39, 0.29) is 0 Å². The molecule has 2 rings (SSSR count). The summed E-state index contributed by atoms with van der Waals surface area (Å²) in [6.07, 6.45) is 6.28. The SMILES string of the molecule is SCc1nccnc1-n1cncn1. The fourth-order valence-corrected chi connectivity index (χ4v) is 1.20. The van der Waals surface area contributed by atoms with Crippen molar-refractivity contribution in [3.8, 4) is 5.82 Å². The minimum absolute atomic E-state index is 0.531. The van der Waals surface area contributed by atoms with Crippen molar-refractivity contribution < 1.29 is 0 Å². The number of thiol groups is 1. The maximum Gasteiger partial charge on any atom is 0.177 e. The van der Waals surface area contributed by atoms with Gasteiger partial charge in [-0.3, -0.25) is 4.98 Å². The average molecular weight is 193 g/mol. The Morgan fingerprint density at radius 2 is 2.15 bits per heavy atom. The normalized spacial score (nSPS) is 10.2. The van der Waals surface area contributed by atoms with Crippen molar-refractivity contribution >= 4 is 12.6 Å². The van der Waals surface area contributed by atoms with Crippen molar-refractivity contribution in [1.29, 1.82) is 0 Å². The molecular formula is C7H7N5S. The number of aromatic nitrogens is 5. The van der Waals surface area contributed by atoms with E-state index in [0.29, 0.717) is 11.6 Å². The van der Waals surface area contributed by atoms with Gasteiger partial charge in [-0.1, -0.05) is 0 Å². The van der Waals surface area contributed by atoms with Gasteiger partial charge in [0.1, 0.15) is 12.7 Å². The molecule has 0 atom stereocenters. The van der Waals surface area contributed by atoms with E-state index < -0.39 is 0 Å². The molecule has 0 radical (unpaired) electrons. The highest BCUT2D eigenvalue weighted by Gasteiger charge is 2.04. The lowest BCUT2D eigenvalue weighted by Crippen LogP contribution is -2.03. The van der Waals surface area contributed by atoms with Crippen LogP contribution in [0.25, 0.3) is 5.82 Å². The van der Waals surface area contributed by atoms with E-state index in [1.165, 1.54) is 6.33 Å². The monoisotopic (exact) mass is 193 g/mol. The van der Waals surface area contributed by atoms with Gasteiger partial charge in [0.15, 0.2) is 5.82 Å². The van der Waals surface area contributed by atoms with Gasteiger partial charge in [-0.05, 0) is 0 Å². The van der Waals surface area contributed by atoms with Crippen molar-refractivity contribution in [1.82, 2.24) is 24.7 Å². The Labute approximate surface area is 80.3 Å². The summed E-state index contributed by atoms with van der Waals surface area (Å²) in [6.45, 7) is 0. The van der Waals surface area contributed by atoms with Gasteiger partial charge < -0.3 is 0 Å². The first-order valence-electron chi connectivity index (χ1n) is 3.67. The first kappa shape index (κ1) is 8.18. The van der Waals surface area contributed by atoms with E-state index in [9.17, 15) is 0 Å². The average Bonchev–Trinajstić information content (AvgIpc) is 2.70. The van der Waals surface area contributed by atoms with Crippen LogP contribution in [-0.2, 0) is 5.75 Å². The third-order valence-corrected chi connectivity index (χ3v) is 1.84. The Bertz CT molecular complexity index is 386. The molecule has 0 amide bonds. The molecule has 0 N–H and O–H groups in total. The predicted octanol–water partition coefficient (Wildman–Crippen LogP) is 0.487. The Morgan fingerprint density at radius 3 is 2.85 bits per heavy atom. The predicted molar refractivity (Wildman–Crippen MR) is 49.6 cm³/mol. The molecule has 0 aromatic carbocycles. The molecule has 13 heavy (non-hydrogen) atoms. The van der Waals surface area contributed by atoms with Crippen LogP contribution in [0.4, 0.5) is 0 Å². The molecule has 0 aliphatic carbocycles. The lowest BCUT2D eigenvalue weighted by Gasteiger charge is -2.02. The van der Waals surface area contributed by atoms with Crippen LogP contribution in [0.5, 0.6) is 0 Å². The van der Waals surface area contributed by atoms with Gasteiger partial charge in [0, 0.05) is 18.1 Å². The van der Waals surface area contributed by atoms with Gasteiger partial charge in [0.25, 0.3) is 0 Å². The van der Waals surface area contributed by atoms with Gasteiger partial charge in [0.2, 0.25) is 0 Å². The van der Waals surface area contributed by atoms with Gasteiger partial charge in [0.05, 0.1) is 5.69 Å². The molecule has 6 heteroatoms. The first-order valence-corrected chi connectivity index (χ1v) is 4.31. The zero-order chi connectivity index (χ0) is 9.10. The molecule has 0 aliphatic rings. The van der Waals surface area contributed by atoms with Crippen molar-refractivity contribution in [2.24, 2.45) is 0 Å². The second-order valence-corrected chi connectivity index (χ2v) is 2.64. The molecule has 2 aromatic rings. The zero-order valence-corrected chi connectivity index (χ0v) is 7.59. The maximum atomic E-state index is 4.15. The third kappa shape index (κ3) is 1.52. The van der Waals surface area contributed by atoms with E-state index in [2.05, 4.69) is 32.7 Å². The molecule has 2 aromatic heterocycles. The van der Waals surface area contributed by atoms with Crippen LogP contribution in [0.1, 0.15) is 5.69 Å². The molecule has 0 fully saturated rings. The second kappa shape index (κ2) is 3.53. The van der Waals surface area contributed by atoms with Crippen LogP contribution in [0.3, 0.4) is 0 Å². The molecule has 0 saturated carbocycles. The van der Waals surface area contributed by atoms with Gasteiger partial charge >= 0.3 is 0 Å². The summed E-state index contributed by atoms with van der Waals surface area (Å²) in [4.78, 5) is 12.1. The Kier molecular flexibility index (Phi) is 2.22. The highest BCUT2D eigenvalue weighted by Crippen LogP contribution is 2.07. The van der Waals surface area contributed by atoms with Gasteiger partial charge in [-0.15, -0.1) is 0 Å². The number of hydrogen-bond donors (Lipinski definition) is 1. The summed E-state index contributed by atoms with van der Waals surface area (Å²) in [6, 6.07) is 0. The molecular weight excluding hydrogens is 186 g/mol. The Morgan fingerprint density at radius 1 is 1.31 bits per heavy atom. The molecule has 0 saturated heterocycles. The van der Waals surface area contributed by atoms with Crippen molar-refractivity contribution in [2.75, 3.05) is 0 Å². The summed E-state index contributed by atoms with van der Waals surface area (Å²) in [5, 5.41) is 3.96. The summed E-state index contributed by atoms with van der Waals surface area (Å²) in [5.41, 5.74) is 0.788. The molecule has 0 aliphatic heterocycles. The van der Waals surface area contributed by atoms with E-state index in [1.807, 2.05) is 0 Å². The van der Waals surface area contributed by atoms with Crippen molar-refractivity contribution in [3.63, 3.8) is 0 Å². The molecule has 2 heterocycles. The fraction of sp³-hybridized carbons (Fsp3) is 0.143.